The summed E-state index contributed by atoms with van der Waals surface area (Å²) in [6.45, 7) is 4.65. The van der Waals surface area contributed by atoms with E-state index >= 15 is 0 Å². The van der Waals surface area contributed by atoms with Crippen LogP contribution in [0.2, 0.25) is 0 Å². The molecule has 0 saturated heterocycles. The number of rotatable bonds is 7. The van der Waals surface area contributed by atoms with Gasteiger partial charge in [-0.05, 0) is 63.2 Å². The maximum absolute atomic E-state index is 3.68. The molecule has 0 aromatic rings. The predicted molar refractivity (Wildman–Crippen MR) is 102 cm³/mol. The number of unbranched alkanes of at least 4 members (excludes halogenated alkanes) is 4. The zero-order chi connectivity index (χ0) is 16.3. The van der Waals surface area contributed by atoms with Crippen molar-refractivity contribution in [3.05, 3.63) is 0 Å². The van der Waals surface area contributed by atoms with Crippen LogP contribution in [0.4, 0.5) is 0 Å². The predicted octanol–water partition coefficient (Wildman–Crippen LogP) is 7.37. The molecule has 0 atom stereocenters. The van der Waals surface area contributed by atoms with Gasteiger partial charge in [-0.3, -0.25) is 0 Å². The topological polar surface area (TPSA) is 0 Å². The minimum Gasteiger partial charge on any atom is -0.0996 e. The van der Waals surface area contributed by atoms with Gasteiger partial charge in [0.15, 0.2) is 0 Å². The Morgan fingerprint density at radius 2 is 1.13 bits per heavy atom. The van der Waals surface area contributed by atoms with Gasteiger partial charge in [0.2, 0.25) is 0 Å². The molecule has 2 aliphatic rings. The highest BCUT2D eigenvalue weighted by atomic mass is 14.3. The highest BCUT2D eigenvalue weighted by Gasteiger charge is 2.21. The van der Waals surface area contributed by atoms with Crippen LogP contribution in [-0.4, -0.2) is 0 Å². The Labute approximate surface area is 146 Å². The molecule has 0 amide bonds. The molecule has 0 aromatic carbocycles. The van der Waals surface area contributed by atoms with Gasteiger partial charge in [-0.25, -0.2) is 0 Å². The summed E-state index contributed by atoms with van der Waals surface area (Å²) in [7, 11) is 0. The lowest BCUT2D eigenvalue weighted by Gasteiger charge is -2.26. The van der Waals surface area contributed by atoms with Crippen molar-refractivity contribution in [2.45, 2.75) is 110 Å². The molecule has 132 valence electrons. The highest BCUT2D eigenvalue weighted by molar-refractivity contribution is 5.09. The molecule has 2 aliphatic carbocycles. The summed E-state index contributed by atoms with van der Waals surface area (Å²) in [6, 6.07) is 0. The lowest BCUT2D eigenvalue weighted by molar-refractivity contribution is 0.292. The molecule has 0 spiro atoms. The minimum absolute atomic E-state index is 0.731. The van der Waals surface area contributed by atoms with Gasteiger partial charge in [-0.15, -0.1) is 0 Å². The molecule has 0 bridgehead atoms. The lowest BCUT2D eigenvalue weighted by atomic mass is 9.78. The van der Waals surface area contributed by atoms with Gasteiger partial charge in [0, 0.05) is 11.8 Å². The van der Waals surface area contributed by atoms with Gasteiger partial charge < -0.3 is 0 Å². The molecule has 0 heterocycles. The summed E-state index contributed by atoms with van der Waals surface area (Å²) >= 11 is 0. The molecule has 0 heteroatoms. The van der Waals surface area contributed by atoms with Crippen molar-refractivity contribution >= 4 is 0 Å². The van der Waals surface area contributed by atoms with Crippen molar-refractivity contribution in [3.63, 3.8) is 0 Å². The van der Waals surface area contributed by atoms with E-state index in [0.29, 0.717) is 0 Å². The lowest BCUT2D eigenvalue weighted by Crippen LogP contribution is -2.15. The minimum atomic E-state index is 0.731. The SMILES string of the molecule is CCCCCCCC1CCC(C#CC2CCC(CC)CC2)CC1. The van der Waals surface area contributed by atoms with E-state index in [9.17, 15) is 0 Å². The molecule has 0 nitrogen and oxygen atoms in total. The summed E-state index contributed by atoms with van der Waals surface area (Å²) in [5.74, 6) is 10.8. The molecule has 23 heavy (non-hydrogen) atoms. The fourth-order valence-corrected chi connectivity index (χ4v) is 4.58. The van der Waals surface area contributed by atoms with Crippen LogP contribution in [0, 0.1) is 35.5 Å². The first-order valence-electron chi connectivity index (χ1n) is 10.8. The summed E-state index contributed by atoms with van der Waals surface area (Å²) in [5, 5.41) is 0. The highest BCUT2D eigenvalue weighted by Crippen LogP contribution is 2.33. The second-order valence-corrected chi connectivity index (χ2v) is 8.34. The molecular weight excluding hydrogens is 276 g/mol. The van der Waals surface area contributed by atoms with E-state index in [1.807, 2.05) is 0 Å². The van der Waals surface area contributed by atoms with E-state index in [0.717, 1.165) is 23.7 Å². The van der Waals surface area contributed by atoms with Crippen LogP contribution >= 0.6 is 0 Å². The van der Waals surface area contributed by atoms with Crippen LogP contribution in [-0.2, 0) is 0 Å². The first-order valence-corrected chi connectivity index (χ1v) is 10.8. The number of hydrogen-bond donors (Lipinski definition) is 0. The Balaban J connectivity index is 1.57. The average Bonchev–Trinajstić information content (AvgIpc) is 2.61. The van der Waals surface area contributed by atoms with Gasteiger partial charge in [0.25, 0.3) is 0 Å². The van der Waals surface area contributed by atoms with Crippen LogP contribution in [0.5, 0.6) is 0 Å². The Morgan fingerprint density at radius 3 is 1.65 bits per heavy atom. The molecule has 2 fully saturated rings. The van der Waals surface area contributed by atoms with E-state index < -0.39 is 0 Å². The molecule has 0 unspecified atom stereocenters. The Bertz CT molecular complexity index is 342. The Hall–Kier alpha value is -0.440. The van der Waals surface area contributed by atoms with Gasteiger partial charge in [-0.1, -0.05) is 70.6 Å². The van der Waals surface area contributed by atoms with Crippen LogP contribution in [0.1, 0.15) is 110 Å². The summed E-state index contributed by atoms with van der Waals surface area (Å²) in [6.07, 6.45) is 21.4. The smallest absolute Gasteiger partial charge is 0.0203 e. The van der Waals surface area contributed by atoms with Crippen molar-refractivity contribution in [1.82, 2.24) is 0 Å². The number of hydrogen-bond acceptors (Lipinski definition) is 0. The molecule has 0 aliphatic heterocycles. The third-order valence-electron chi connectivity index (χ3n) is 6.48. The van der Waals surface area contributed by atoms with E-state index in [1.54, 1.807) is 0 Å². The second-order valence-electron chi connectivity index (χ2n) is 8.34. The van der Waals surface area contributed by atoms with E-state index in [2.05, 4.69) is 25.7 Å². The van der Waals surface area contributed by atoms with Crippen molar-refractivity contribution in [1.29, 1.82) is 0 Å². The standard InChI is InChI=1S/C23H40/c1-3-5-6-7-8-9-21-14-16-23(17-15-21)19-18-22-12-10-20(4-2)11-13-22/h20-23H,3-17H2,1-2H3. The second kappa shape index (κ2) is 11.2. The maximum Gasteiger partial charge on any atom is 0.0203 e. The normalized spacial score (nSPS) is 31.4. The summed E-state index contributed by atoms with van der Waals surface area (Å²) in [4.78, 5) is 0. The molecule has 0 radical (unpaired) electrons. The molecule has 0 N–H and O–H groups in total. The third-order valence-corrected chi connectivity index (χ3v) is 6.48. The van der Waals surface area contributed by atoms with Gasteiger partial charge in [-0.2, -0.15) is 0 Å². The summed E-state index contributed by atoms with van der Waals surface area (Å²) < 4.78 is 0. The molecule has 0 aromatic heterocycles. The fraction of sp³-hybridized carbons (Fsp3) is 0.913. The molecule has 2 rings (SSSR count). The van der Waals surface area contributed by atoms with Crippen molar-refractivity contribution in [3.8, 4) is 11.8 Å². The van der Waals surface area contributed by atoms with E-state index in [4.69, 9.17) is 0 Å². The van der Waals surface area contributed by atoms with Crippen molar-refractivity contribution < 1.29 is 0 Å². The Kier molecular flexibility index (Phi) is 9.18. The third kappa shape index (κ3) is 7.32. The van der Waals surface area contributed by atoms with E-state index in [-0.39, 0.29) is 0 Å². The quantitative estimate of drug-likeness (QED) is 0.339. The van der Waals surface area contributed by atoms with Gasteiger partial charge in [0.1, 0.15) is 0 Å². The van der Waals surface area contributed by atoms with Crippen molar-refractivity contribution in [2.75, 3.05) is 0 Å². The first-order chi connectivity index (χ1) is 11.3. The molecule has 2 saturated carbocycles. The van der Waals surface area contributed by atoms with Crippen LogP contribution in [0.3, 0.4) is 0 Å². The van der Waals surface area contributed by atoms with Crippen LogP contribution < -0.4 is 0 Å². The average molecular weight is 317 g/mol. The first kappa shape index (κ1) is 18.9. The fourth-order valence-electron chi connectivity index (χ4n) is 4.58. The van der Waals surface area contributed by atoms with Gasteiger partial charge >= 0.3 is 0 Å². The monoisotopic (exact) mass is 316 g/mol. The summed E-state index contributed by atoms with van der Waals surface area (Å²) in [5.41, 5.74) is 0. The van der Waals surface area contributed by atoms with Crippen LogP contribution in [0.25, 0.3) is 0 Å². The Morgan fingerprint density at radius 1 is 0.609 bits per heavy atom. The maximum atomic E-state index is 3.68. The van der Waals surface area contributed by atoms with E-state index in [1.165, 1.54) is 96.3 Å². The zero-order valence-electron chi connectivity index (χ0n) is 15.9. The van der Waals surface area contributed by atoms with Crippen LogP contribution in [0.15, 0.2) is 0 Å². The van der Waals surface area contributed by atoms with Crippen molar-refractivity contribution in [2.24, 2.45) is 23.7 Å². The van der Waals surface area contributed by atoms with Gasteiger partial charge in [0.05, 0.1) is 0 Å². The zero-order valence-corrected chi connectivity index (χ0v) is 15.9. The largest absolute Gasteiger partial charge is 0.0996 e. The molecular formula is C23H40.